The van der Waals surface area contributed by atoms with E-state index in [1.54, 1.807) is 0 Å². The molecule has 0 bridgehead atoms. The second-order valence-corrected chi connectivity index (χ2v) is 6.13. The average molecular weight is 322 g/mol. The molecule has 0 saturated heterocycles. The maximum absolute atomic E-state index is 12.3. The summed E-state index contributed by atoms with van der Waals surface area (Å²) in [6.45, 7) is 4.41. The van der Waals surface area contributed by atoms with Gasteiger partial charge in [-0.1, -0.05) is 35.5 Å². The van der Waals surface area contributed by atoms with E-state index in [4.69, 9.17) is 4.52 Å². The Bertz CT molecular complexity index is 876. The summed E-state index contributed by atoms with van der Waals surface area (Å²) in [5.74, 6) is 1.45. The van der Waals surface area contributed by atoms with Gasteiger partial charge in [0.15, 0.2) is 0 Å². The molecular formula is C18H18N4O2. The van der Waals surface area contributed by atoms with Crippen LogP contribution in [0.15, 0.2) is 41.1 Å². The van der Waals surface area contributed by atoms with Crippen LogP contribution < -0.4 is 5.32 Å². The summed E-state index contributed by atoms with van der Waals surface area (Å²) in [7, 11) is 0. The summed E-state index contributed by atoms with van der Waals surface area (Å²) < 4.78 is 7.13. The van der Waals surface area contributed by atoms with Crippen molar-refractivity contribution in [2.45, 2.75) is 32.7 Å². The highest BCUT2D eigenvalue weighted by Gasteiger charge is 2.33. The summed E-state index contributed by atoms with van der Waals surface area (Å²) in [6.07, 6.45) is 2.22. The van der Waals surface area contributed by atoms with Gasteiger partial charge in [0, 0.05) is 23.5 Å². The Morgan fingerprint density at radius 3 is 2.79 bits per heavy atom. The summed E-state index contributed by atoms with van der Waals surface area (Å²) in [5, 5.41) is 11.5. The molecule has 1 aliphatic rings. The lowest BCUT2D eigenvalue weighted by atomic mass is 9.86. The van der Waals surface area contributed by atoms with Crippen molar-refractivity contribution < 1.29 is 9.32 Å². The van der Waals surface area contributed by atoms with Crippen LogP contribution in [0.2, 0.25) is 0 Å². The number of anilines is 1. The largest absolute Gasteiger partial charge is 0.361 e. The van der Waals surface area contributed by atoms with Crippen molar-refractivity contribution in [1.29, 1.82) is 0 Å². The third-order valence-electron chi connectivity index (χ3n) is 4.50. The first-order chi connectivity index (χ1) is 11.6. The van der Waals surface area contributed by atoms with Crippen LogP contribution >= 0.6 is 0 Å². The Morgan fingerprint density at radius 2 is 2.08 bits per heavy atom. The van der Waals surface area contributed by atoms with Gasteiger partial charge in [-0.05, 0) is 19.4 Å². The molecule has 0 radical (unpaired) electrons. The number of nitrogens with zero attached hydrogens (tertiary/aromatic N) is 3. The highest BCUT2D eigenvalue weighted by molar-refractivity contribution is 5.94. The maximum Gasteiger partial charge on any atom is 0.226 e. The molecule has 24 heavy (non-hydrogen) atoms. The summed E-state index contributed by atoms with van der Waals surface area (Å²) in [6, 6.07) is 10.1. The molecule has 1 atom stereocenters. The second-order valence-electron chi connectivity index (χ2n) is 6.13. The molecule has 1 N–H and O–H groups in total. The number of hydrogen-bond acceptors (Lipinski definition) is 4. The molecule has 1 amide bonds. The normalized spacial score (nSPS) is 16.8. The lowest BCUT2D eigenvalue weighted by Gasteiger charge is -2.23. The first-order valence-electron chi connectivity index (χ1n) is 7.95. The highest BCUT2D eigenvalue weighted by atomic mass is 16.5. The van der Waals surface area contributed by atoms with Crippen molar-refractivity contribution in [3.05, 3.63) is 64.7 Å². The number of rotatable bonds is 3. The second kappa shape index (κ2) is 5.63. The maximum atomic E-state index is 12.3. The standard InChI is InChI=1S/C18H18N4O2/c1-11-17(12(2)24-21-11)14-8-16(23)20-18-15(14)9-19-22(18)10-13-6-4-3-5-7-13/h3-7,9,14H,8,10H2,1-2H3,(H,20,23). The zero-order valence-corrected chi connectivity index (χ0v) is 13.6. The fourth-order valence-electron chi connectivity index (χ4n) is 3.39. The Kier molecular flexibility index (Phi) is 3.45. The number of aromatic nitrogens is 3. The van der Waals surface area contributed by atoms with Crippen molar-refractivity contribution in [2.75, 3.05) is 5.32 Å². The van der Waals surface area contributed by atoms with Crippen LogP contribution in [0.4, 0.5) is 5.82 Å². The van der Waals surface area contributed by atoms with Gasteiger partial charge in [-0.25, -0.2) is 4.68 Å². The smallest absolute Gasteiger partial charge is 0.226 e. The third kappa shape index (κ3) is 2.40. The van der Waals surface area contributed by atoms with E-state index in [-0.39, 0.29) is 11.8 Å². The Morgan fingerprint density at radius 1 is 1.29 bits per heavy atom. The zero-order chi connectivity index (χ0) is 16.7. The quantitative estimate of drug-likeness (QED) is 0.804. The lowest BCUT2D eigenvalue weighted by molar-refractivity contribution is -0.116. The average Bonchev–Trinajstić information content (AvgIpc) is 3.12. The van der Waals surface area contributed by atoms with E-state index in [0.717, 1.165) is 34.0 Å². The number of aryl methyl sites for hydroxylation is 2. The van der Waals surface area contributed by atoms with Crippen LogP contribution in [0, 0.1) is 13.8 Å². The van der Waals surface area contributed by atoms with Crippen LogP contribution in [0.25, 0.3) is 0 Å². The van der Waals surface area contributed by atoms with Crippen LogP contribution in [-0.2, 0) is 11.3 Å². The monoisotopic (exact) mass is 322 g/mol. The topological polar surface area (TPSA) is 73.0 Å². The van der Waals surface area contributed by atoms with Crippen molar-refractivity contribution in [3.8, 4) is 0 Å². The molecule has 1 unspecified atom stereocenters. The number of amides is 1. The first-order valence-corrected chi connectivity index (χ1v) is 7.95. The Balaban J connectivity index is 1.75. The van der Waals surface area contributed by atoms with Gasteiger partial charge in [0.05, 0.1) is 18.4 Å². The van der Waals surface area contributed by atoms with Gasteiger partial charge in [-0.2, -0.15) is 5.10 Å². The van der Waals surface area contributed by atoms with Crippen molar-refractivity contribution in [1.82, 2.24) is 14.9 Å². The number of carbonyl (C=O) groups excluding carboxylic acids is 1. The molecule has 1 aliphatic heterocycles. The van der Waals surface area contributed by atoms with Crippen LogP contribution in [0.3, 0.4) is 0 Å². The summed E-state index contributed by atoms with van der Waals surface area (Å²) >= 11 is 0. The minimum absolute atomic E-state index is 0.0117. The number of fused-ring (bicyclic) bond motifs is 1. The van der Waals surface area contributed by atoms with E-state index < -0.39 is 0 Å². The van der Waals surface area contributed by atoms with Gasteiger partial charge in [-0.3, -0.25) is 4.79 Å². The van der Waals surface area contributed by atoms with Crippen molar-refractivity contribution in [3.63, 3.8) is 0 Å². The first kappa shape index (κ1) is 14.7. The molecule has 122 valence electrons. The van der Waals surface area contributed by atoms with E-state index in [2.05, 4.69) is 15.6 Å². The number of hydrogen-bond donors (Lipinski definition) is 1. The van der Waals surface area contributed by atoms with Gasteiger partial charge in [0.2, 0.25) is 5.91 Å². The number of benzene rings is 1. The van der Waals surface area contributed by atoms with Crippen LogP contribution in [0.5, 0.6) is 0 Å². The zero-order valence-electron chi connectivity index (χ0n) is 13.6. The van der Waals surface area contributed by atoms with E-state index in [1.165, 1.54) is 0 Å². The molecule has 0 aliphatic carbocycles. The highest BCUT2D eigenvalue weighted by Crippen LogP contribution is 2.39. The van der Waals surface area contributed by atoms with Gasteiger partial charge in [0.25, 0.3) is 0 Å². The van der Waals surface area contributed by atoms with Gasteiger partial charge < -0.3 is 9.84 Å². The molecule has 0 spiro atoms. The molecule has 6 nitrogen and oxygen atoms in total. The van der Waals surface area contributed by atoms with Gasteiger partial charge in [-0.15, -0.1) is 0 Å². The van der Waals surface area contributed by atoms with Gasteiger partial charge in [0.1, 0.15) is 11.6 Å². The predicted molar refractivity (Wildman–Crippen MR) is 88.8 cm³/mol. The Labute approximate surface area is 139 Å². The van der Waals surface area contributed by atoms with Crippen molar-refractivity contribution in [2.24, 2.45) is 0 Å². The van der Waals surface area contributed by atoms with E-state index in [0.29, 0.717) is 13.0 Å². The van der Waals surface area contributed by atoms with E-state index in [9.17, 15) is 4.79 Å². The van der Waals surface area contributed by atoms with Gasteiger partial charge >= 0.3 is 0 Å². The predicted octanol–water partition coefficient (Wildman–Crippen LogP) is 3.01. The SMILES string of the molecule is Cc1noc(C)c1C1CC(=O)Nc2c1cnn2Cc1ccccc1. The van der Waals surface area contributed by atoms with E-state index in [1.807, 2.05) is 55.1 Å². The third-order valence-corrected chi connectivity index (χ3v) is 4.50. The molecule has 4 rings (SSSR count). The molecule has 3 aromatic rings. The van der Waals surface area contributed by atoms with E-state index >= 15 is 0 Å². The number of carbonyl (C=O) groups is 1. The summed E-state index contributed by atoms with van der Waals surface area (Å²) in [4.78, 5) is 12.3. The fraction of sp³-hybridized carbons (Fsp3) is 0.278. The molecular weight excluding hydrogens is 304 g/mol. The molecule has 1 aromatic carbocycles. The van der Waals surface area contributed by atoms with Crippen LogP contribution in [-0.4, -0.2) is 20.8 Å². The lowest BCUT2D eigenvalue weighted by Crippen LogP contribution is -2.25. The fourth-order valence-corrected chi connectivity index (χ4v) is 3.39. The molecule has 2 aromatic heterocycles. The summed E-state index contributed by atoms with van der Waals surface area (Å²) in [5.41, 5.74) is 3.97. The molecule has 6 heteroatoms. The van der Waals surface area contributed by atoms with Crippen LogP contribution in [0.1, 0.15) is 40.5 Å². The van der Waals surface area contributed by atoms with Crippen molar-refractivity contribution >= 4 is 11.7 Å². The number of nitrogens with one attached hydrogen (secondary N) is 1. The molecule has 3 heterocycles. The minimum atomic E-state index is -0.0653. The Hall–Kier alpha value is -2.89. The molecule has 0 saturated carbocycles. The minimum Gasteiger partial charge on any atom is -0.361 e. The molecule has 0 fully saturated rings.